The average molecular weight is 352 g/mol. The molecule has 0 aliphatic carbocycles. The van der Waals surface area contributed by atoms with E-state index in [4.69, 9.17) is 9.47 Å². The molecule has 0 radical (unpaired) electrons. The van der Waals surface area contributed by atoms with Crippen molar-refractivity contribution in [1.82, 2.24) is 10.2 Å². The molecule has 0 spiro atoms. The molecule has 1 atom stereocenters. The van der Waals surface area contributed by atoms with Gasteiger partial charge in [0.2, 0.25) is 0 Å². The average Bonchev–Trinajstić information content (AvgIpc) is 3.15. The molecule has 2 heterocycles. The number of fused-ring (bicyclic) bond motifs is 1. The predicted octanol–water partition coefficient (Wildman–Crippen LogP) is 3.15. The maximum absolute atomic E-state index is 11.9. The van der Waals surface area contributed by atoms with Gasteiger partial charge in [-0.25, -0.2) is 0 Å². The van der Waals surface area contributed by atoms with E-state index < -0.39 is 0 Å². The Bertz CT molecular complexity index is 806. The molecule has 0 unspecified atom stereocenters. The van der Waals surface area contributed by atoms with Crippen molar-refractivity contribution in [3.8, 4) is 11.5 Å². The topological polar surface area (TPSA) is 50.8 Å². The number of hydrogen-bond donors (Lipinski definition) is 1. The summed E-state index contributed by atoms with van der Waals surface area (Å²) in [5.41, 5.74) is 3.14. The summed E-state index contributed by atoms with van der Waals surface area (Å²) in [5.74, 6) is 1.64. The van der Waals surface area contributed by atoms with Gasteiger partial charge in [0.15, 0.2) is 11.5 Å². The van der Waals surface area contributed by atoms with Crippen molar-refractivity contribution in [2.45, 2.75) is 25.4 Å². The maximum atomic E-state index is 11.9. The number of nitrogens with zero attached hydrogens (tertiary/aromatic N) is 1. The van der Waals surface area contributed by atoms with E-state index in [9.17, 15) is 4.79 Å². The van der Waals surface area contributed by atoms with Crippen molar-refractivity contribution < 1.29 is 14.3 Å². The van der Waals surface area contributed by atoms with Gasteiger partial charge >= 0.3 is 0 Å². The molecule has 5 nitrogen and oxygen atoms in total. The van der Waals surface area contributed by atoms with Crippen LogP contribution in [0.15, 0.2) is 42.5 Å². The molecule has 5 heteroatoms. The van der Waals surface area contributed by atoms with Crippen LogP contribution in [0.4, 0.5) is 0 Å². The van der Waals surface area contributed by atoms with Gasteiger partial charge < -0.3 is 14.8 Å². The molecule has 2 aromatic rings. The zero-order valence-corrected chi connectivity index (χ0v) is 15.0. The fraction of sp³-hybridized carbons (Fsp3) is 0.381. The van der Waals surface area contributed by atoms with Gasteiger partial charge in [0.1, 0.15) is 13.2 Å². The smallest absolute Gasteiger partial charge is 0.251 e. The second kappa shape index (κ2) is 7.38. The normalized spacial score (nSPS) is 19.3. The molecule has 26 heavy (non-hydrogen) atoms. The summed E-state index contributed by atoms with van der Waals surface area (Å²) in [4.78, 5) is 14.4. The molecule has 0 bridgehead atoms. The zero-order chi connectivity index (χ0) is 17.9. The first-order chi connectivity index (χ1) is 12.7. The van der Waals surface area contributed by atoms with E-state index in [2.05, 4.69) is 28.4 Å². The fourth-order valence-corrected chi connectivity index (χ4v) is 3.85. The van der Waals surface area contributed by atoms with Crippen LogP contribution < -0.4 is 14.8 Å². The third-order valence-electron chi connectivity index (χ3n) is 5.12. The van der Waals surface area contributed by atoms with E-state index >= 15 is 0 Å². The van der Waals surface area contributed by atoms with Crippen molar-refractivity contribution in [2.75, 3.05) is 26.8 Å². The summed E-state index contributed by atoms with van der Waals surface area (Å²) in [5, 5.41) is 2.69. The van der Waals surface area contributed by atoms with Crippen molar-refractivity contribution in [1.29, 1.82) is 0 Å². The van der Waals surface area contributed by atoms with Crippen molar-refractivity contribution in [2.24, 2.45) is 0 Å². The number of benzene rings is 2. The van der Waals surface area contributed by atoms with Gasteiger partial charge in [-0.05, 0) is 54.8 Å². The van der Waals surface area contributed by atoms with Crippen molar-refractivity contribution in [3.05, 3.63) is 59.2 Å². The Morgan fingerprint density at radius 2 is 2.00 bits per heavy atom. The van der Waals surface area contributed by atoms with Gasteiger partial charge in [0.05, 0.1) is 0 Å². The van der Waals surface area contributed by atoms with Gasteiger partial charge in [-0.2, -0.15) is 0 Å². The Hall–Kier alpha value is -2.53. The van der Waals surface area contributed by atoms with Crippen LogP contribution in [0, 0.1) is 0 Å². The van der Waals surface area contributed by atoms with Crippen LogP contribution >= 0.6 is 0 Å². The van der Waals surface area contributed by atoms with Crippen LogP contribution in [0.25, 0.3) is 0 Å². The fourth-order valence-electron chi connectivity index (χ4n) is 3.85. The van der Waals surface area contributed by atoms with Crippen LogP contribution in [-0.2, 0) is 6.54 Å². The Morgan fingerprint density at radius 3 is 2.85 bits per heavy atom. The standard InChI is InChI=1S/C21H24N2O3/c1-22-21(24)17-5-2-4-15(12-17)14-23-9-3-6-18(23)16-7-8-19-20(13-16)26-11-10-25-19/h2,4-5,7-8,12-13,18H,3,6,9-11,14H2,1H3,(H,22,24)/t18-/m0/s1. The van der Waals surface area contributed by atoms with Crippen molar-refractivity contribution in [3.63, 3.8) is 0 Å². The highest BCUT2D eigenvalue weighted by molar-refractivity contribution is 5.94. The van der Waals surface area contributed by atoms with Crippen molar-refractivity contribution >= 4 is 5.91 Å². The highest BCUT2D eigenvalue weighted by Crippen LogP contribution is 2.38. The number of carbonyl (C=O) groups excluding carboxylic acids is 1. The summed E-state index contributed by atoms with van der Waals surface area (Å²) >= 11 is 0. The first-order valence-electron chi connectivity index (χ1n) is 9.19. The highest BCUT2D eigenvalue weighted by atomic mass is 16.6. The third-order valence-corrected chi connectivity index (χ3v) is 5.12. The second-order valence-electron chi connectivity index (χ2n) is 6.81. The molecule has 1 N–H and O–H groups in total. The monoisotopic (exact) mass is 352 g/mol. The number of nitrogens with one attached hydrogen (secondary N) is 1. The van der Waals surface area contributed by atoms with Gasteiger partial charge in [-0.3, -0.25) is 9.69 Å². The zero-order valence-electron chi connectivity index (χ0n) is 15.0. The number of rotatable bonds is 4. The second-order valence-corrected chi connectivity index (χ2v) is 6.81. The van der Waals surface area contributed by atoms with Gasteiger partial charge in [0, 0.05) is 25.2 Å². The number of carbonyl (C=O) groups is 1. The lowest BCUT2D eigenvalue weighted by Gasteiger charge is -2.26. The number of hydrogen-bond acceptors (Lipinski definition) is 4. The molecule has 2 aromatic carbocycles. The molecule has 0 saturated carbocycles. The molecule has 1 amide bonds. The van der Waals surface area contributed by atoms with E-state index in [0.29, 0.717) is 24.8 Å². The largest absolute Gasteiger partial charge is 0.486 e. The Kier molecular flexibility index (Phi) is 4.80. The molecule has 0 aromatic heterocycles. The van der Waals surface area contributed by atoms with E-state index in [1.807, 2.05) is 24.3 Å². The number of ether oxygens (including phenoxy) is 2. The van der Waals surface area contributed by atoms with E-state index in [-0.39, 0.29) is 5.91 Å². The van der Waals surface area contributed by atoms with E-state index in [1.54, 1.807) is 7.05 Å². The quantitative estimate of drug-likeness (QED) is 0.918. The Balaban J connectivity index is 1.53. The summed E-state index contributed by atoms with van der Waals surface area (Å²) in [7, 11) is 1.66. The third kappa shape index (κ3) is 3.40. The number of amides is 1. The lowest BCUT2D eigenvalue weighted by molar-refractivity contribution is 0.0963. The lowest BCUT2D eigenvalue weighted by Crippen LogP contribution is -2.24. The van der Waals surface area contributed by atoms with Crippen LogP contribution in [0.3, 0.4) is 0 Å². The van der Waals surface area contributed by atoms with Gasteiger partial charge in [-0.1, -0.05) is 18.2 Å². The van der Waals surface area contributed by atoms with Crippen LogP contribution in [0.2, 0.25) is 0 Å². The Morgan fingerprint density at radius 1 is 1.15 bits per heavy atom. The van der Waals surface area contributed by atoms with E-state index in [1.165, 1.54) is 12.0 Å². The lowest BCUT2D eigenvalue weighted by atomic mass is 10.0. The molecular formula is C21H24N2O3. The van der Waals surface area contributed by atoms with Crippen LogP contribution in [-0.4, -0.2) is 37.6 Å². The minimum Gasteiger partial charge on any atom is -0.486 e. The van der Waals surface area contributed by atoms with Crippen LogP contribution in [0.5, 0.6) is 11.5 Å². The minimum absolute atomic E-state index is 0.0448. The first kappa shape index (κ1) is 16.9. The molecule has 1 saturated heterocycles. The summed E-state index contributed by atoms with van der Waals surface area (Å²) in [6.07, 6.45) is 2.31. The molecule has 4 rings (SSSR count). The van der Waals surface area contributed by atoms with Gasteiger partial charge in [0.25, 0.3) is 5.91 Å². The molecule has 2 aliphatic heterocycles. The summed E-state index contributed by atoms with van der Waals surface area (Å²) in [6.45, 7) is 3.12. The molecule has 136 valence electrons. The molecule has 1 fully saturated rings. The number of likely N-dealkylation sites (tertiary alicyclic amines) is 1. The minimum atomic E-state index is -0.0448. The summed E-state index contributed by atoms with van der Waals surface area (Å²) < 4.78 is 11.4. The SMILES string of the molecule is CNC(=O)c1cccc(CN2CCC[C@H]2c2ccc3c(c2)OCCO3)c1. The first-order valence-corrected chi connectivity index (χ1v) is 9.19. The van der Waals surface area contributed by atoms with Crippen LogP contribution in [0.1, 0.15) is 40.4 Å². The molecule has 2 aliphatic rings. The van der Waals surface area contributed by atoms with Gasteiger partial charge in [-0.15, -0.1) is 0 Å². The summed E-state index contributed by atoms with van der Waals surface area (Å²) in [6, 6.07) is 14.5. The maximum Gasteiger partial charge on any atom is 0.251 e. The predicted molar refractivity (Wildman–Crippen MR) is 99.6 cm³/mol. The Labute approximate surface area is 153 Å². The highest BCUT2D eigenvalue weighted by Gasteiger charge is 2.27. The van der Waals surface area contributed by atoms with E-state index in [0.717, 1.165) is 36.6 Å². The molecular weight excluding hydrogens is 328 g/mol.